The van der Waals surface area contributed by atoms with Crippen LogP contribution < -0.4 is 0 Å². The first-order valence-electron chi connectivity index (χ1n) is 6.14. The molecule has 1 fully saturated rings. The maximum absolute atomic E-state index is 4.12. The molecule has 1 aliphatic heterocycles. The van der Waals surface area contributed by atoms with E-state index in [0.29, 0.717) is 6.04 Å². The van der Waals surface area contributed by atoms with Crippen LogP contribution in [0.5, 0.6) is 0 Å². The van der Waals surface area contributed by atoms with Gasteiger partial charge in [0, 0.05) is 11.6 Å². The SMILES string of the molecule is CN1CCCC1c1ccccc1-c1cnc[nH]1. The predicted molar refractivity (Wildman–Crippen MR) is 68.6 cm³/mol. The molecule has 3 rings (SSSR count). The van der Waals surface area contributed by atoms with Gasteiger partial charge in [-0.25, -0.2) is 4.98 Å². The Hall–Kier alpha value is -1.61. The van der Waals surface area contributed by atoms with E-state index in [0.717, 1.165) is 5.69 Å². The summed E-state index contributed by atoms with van der Waals surface area (Å²) in [6.07, 6.45) is 6.18. The fourth-order valence-electron chi connectivity index (χ4n) is 2.74. The molecule has 17 heavy (non-hydrogen) atoms. The van der Waals surface area contributed by atoms with Crippen LogP contribution in [0.3, 0.4) is 0 Å². The molecule has 0 saturated carbocycles. The van der Waals surface area contributed by atoms with Crippen molar-refractivity contribution >= 4 is 0 Å². The van der Waals surface area contributed by atoms with Gasteiger partial charge in [-0.3, -0.25) is 4.90 Å². The second-order valence-corrected chi connectivity index (χ2v) is 4.69. The summed E-state index contributed by atoms with van der Waals surface area (Å²) < 4.78 is 0. The first kappa shape index (κ1) is 10.5. The molecule has 1 N–H and O–H groups in total. The molecular formula is C14H17N3. The van der Waals surface area contributed by atoms with E-state index in [1.54, 1.807) is 6.33 Å². The van der Waals surface area contributed by atoms with E-state index < -0.39 is 0 Å². The number of aromatic amines is 1. The van der Waals surface area contributed by atoms with Crippen LogP contribution >= 0.6 is 0 Å². The van der Waals surface area contributed by atoms with Gasteiger partial charge in [0.15, 0.2) is 0 Å². The zero-order valence-electron chi connectivity index (χ0n) is 10.1. The summed E-state index contributed by atoms with van der Waals surface area (Å²) in [6.45, 7) is 1.20. The minimum Gasteiger partial charge on any atom is -0.345 e. The zero-order valence-corrected chi connectivity index (χ0v) is 10.1. The Bertz CT molecular complexity index is 490. The number of nitrogens with one attached hydrogen (secondary N) is 1. The average Bonchev–Trinajstić information content (AvgIpc) is 3.00. The van der Waals surface area contributed by atoms with Crippen molar-refractivity contribution in [3.05, 3.63) is 42.4 Å². The number of nitrogens with zero attached hydrogens (tertiary/aromatic N) is 2. The Morgan fingerprint density at radius 1 is 1.35 bits per heavy atom. The summed E-state index contributed by atoms with van der Waals surface area (Å²) in [7, 11) is 2.21. The number of likely N-dealkylation sites (tertiary alicyclic amines) is 1. The van der Waals surface area contributed by atoms with Crippen molar-refractivity contribution in [3.8, 4) is 11.3 Å². The standard InChI is InChI=1S/C14H17N3/c1-17-8-4-7-14(17)12-6-3-2-5-11(12)13-9-15-10-16-13/h2-3,5-6,9-10,14H,4,7-8H2,1H3,(H,15,16). The van der Waals surface area contributed by atoms with E-state index in [-0.39, 0.29) is 0 Å². The molecule has 2 heterocycles. The first-order chi connectivity index (χ1) is 8.36. The van der Waals surface area contributed by atoms with Crippen LogP contribution in [0.4, 0.5) is 0 Å². The van der Waals surface area contributed by atoms with Gasteiger partial charge in [-0.05, 0) is 32.0 Å². The minimum absolute atomic E-state index is 0.550. The predicted octanol–water partition coefficient (Wildman–Crippen LogP) is 2.84. The van der Waals surface area contributed by atoms with Crippen LogP contribution in [-0.4, -0.2) is 28.5 Å². The second kappa shape index (κ2) is 4.34. The number of hydrogen-bond donors (Lipinski definition) is 1. The molecule has 3 heteroatoms. The highest BCUT2D eigenvalue weighted by molar-refractivity contribution is 5.63. The lowest BCUT2D eigenvalue weighted by Gasteiger charge is -2.22. The van der Waals surface area contributed by atoms with E-state index in [1.165, 1.54) is 30.5 Å². The number of rotatable bonds is 2. The lowest BCUT2D eigenvalue weighted by Crippen LogP contribution is -2.18. The Morgan fingerprint density at radius 3 is 2.94 bits per heavy atom. The molecule has 0 spiro atoms. The molecule has 1 aromatic heterocycles. The van der Waals surface area contributed by atoms with Crippen LogP contribution in [0, 0.1) is 0 Å². The third-order valence-electron chi connectivity index (χ3n) is 3.63. The van der Waals surface area contributed by atoms with E-state index in [1.807, 2.05) is 6.20 Å². The van der Waals surface area contributed by atoms with Gasteiger partial charge >= 0.3 is 0 Å². The number of aromatic nitrogens is 2. The number of imidazole rings is 1. The maximum atomic E-state index is 4.12. The molecule has 88 valence electrons. The second-order valence-electron chi connectivity index (χ2n) is 4.69. The summed E-state index contributed by atoms with van der Waals surface area (Å²) >= 11 is 0. The third kappa shape index (κ3) is 1.87. The summed E-state index contributed by atoms with van der Waals surface area (Å²) in [5.74, 6) is 0. The van der Waals surface area contributed by atoms with Crippen molar-refractivity contribution in [1.29, 1.82) is 0 Å². The summed E-state index contributed by atoms with van der Waals surface area (Å²) in [6, 6.07) is 9.18. The molecule has 1 atom stereocenters. The lowest BCUT2D eigenvalue weighted by molar-refractivity contribution is 0.318. The van der Waals surface area contributed by atoms with Gasteiger partial charge < -0.3 is 4.98 Å². The summed E-state index contributed by atoms with van der Waals surface area (Å²) in [5, 5.41) is 0. The Balaban J connectivity index is 2.05. The highest BCUT2D eigenvalue weighted by atomic mass is 15.1. The Morgan fingerprint density at radius 2 is 2.24 bits per heavy atom. The quantitative estimate of drug-likeness (QED) is 0.855. The number of hydrogen-bond acceptors (Lipinski definition) is 2. The maximum Gasteiger partial charge on any atom is 0.0924 e. The molecule has 1 unspecified atom stereocenters. The average molecular weight is 227 g/mol. The molecule has 1 saturated heterocycles. The normalized spacial score (nSPS) is 20.9. The van der Waals surface area contributed by atoms with Crippen LogP contribution in [0.15, 0.2) is 36.8 Å². The van der Waals surface area contributed by atoms with Gasteiger partial charge in [-0.2, -0.15) is 0 Å². The molecule has 0 amide bonds. The van der Waals surface area contributed by atoms with Crippen molar-refractivity contribution in [2.45, 2.75) is 18.9 Å². The lowest BCUT2D eigenvalue weighted by atomic mass is 9.97. The van der Waals surface area contributed by atoms with Crippen LogP contribution in [0.25, 0.3) is 11.3 Å². The molecule has 1 aliphatic rings. The van der Waals surface area contributed by atoms with Crippen LogP contribution in [0.1, 0.15) is 24.4 Å². The zero-order chi connectivity index (χ0) is 11.7. The fourth-order valence-corrected chi connectivity index (χ4v) is 2.74. The highest BCUT2D eigenvalue weighted by Gasteiger charge is 2.24. The van der Waals surface area contributed by atoms with Gasteiger partial charge in [0.25, 0.3) is 0 Å². The van der Waals surface area contributed by atoms with Crippen molar-refractivity contribution in [2.24, 2.45) is 0 Å². The van der Waals surface area contributed by atoms with Gasteiger partial charge in [0.2, 0.25) is 0 Å². The molecular weight excluding hydrogens is 210 g/mol. The summed E-state index contributed by atoms with van der Waals surface area (Å²) in [4.78, 5) is 9.76. The third-order valence-corrected chi connectivity index (χ3v) is 3.63. The van der Waals surface area contributed by atoms with Crippen molar-refractivity contribution in [1.82, 2.24) is 14.9 Å². The number of H-pyrrole nitrogens is 1. The molecule has 0 aliphatic carbocycles. The van der Waals surface area contributed by atoms with E-state index >= 15 is 0 Å². The van der Waals surface area contributed by atoms with Crippen molar-refractivity contribution < 1.29 is 0 Å². The van der Waals surface area contributed by atoms with Gasteiger partial charge in [0.1, 0.15) is 0 Å². The van der Waals surface area contributed by atoms with Crippen molar-refractivity contribution in [3.63, 3.8) is 0 Å². The largest absolute Gasteiger partial charge is 0.345 e. The van der Waals surface area contributed by atoms with Crippen LogP contribution in [-0.2, 0) is 0 Å². The van der Waals surface area contributed by atoms with Gasteiger partial charge in [-0.1, -0.05) is 24.3 Å². The molecule has 0 radical (unpaired) electrons. The highest BCUT2D eigenvalue weighted by Crippen LogP contribution is 2.35. The molecule has 2 aromatic rings. The number of benzene rings is 1. The minimum atomic E-state index is 0.550. The molecule has 0 bridgehead atoms. The summed E-state index contributed by atoms with van der Waals surface area (Å²) in [5.41, 5.74) is 3.81. The van der Waals surface area contributed by atoms with E-state index in [4.69, 9.17) is 0 Å². The van der Waals surface area contributed by atoms with Gasteiger partial charge in [-0.15, -0.1) is 0 Å². The fraction of sp³-hybridized carbons (Fsp3) is 0.357. The molecule has 1 aromatic carbocycles. The van der Waals surface area contributed by atoms with E-state index in [9.17, 15) is 0 Å². The monoisotopic (exact) mass is 227 g/mol. The Labute approximate surface area is 101 Å². The van der Waals surface area contributed by atoms with Crippen LogP contribution in [0.2, 0.25) is 0 Å². The Kier molecular flexibility index (Phi) is 2.69. The smallest absolute Gasteiger partial charge is 0.0924 e. The van der Waals surface area contributed by atoms with Gasteiger partial charge in [0.05, 0.1) is 18.2 Å². The van der Waals surface area contributed by atoms with Crippen molar-refractivity contribution in [2.75, 3.05) is 13.6 Å². The molecule has 3 nitrogen and oxygen atoms in total. The first-order valence-corrected chi connectivity index (χ1v) is 6.14. The topological polar surface area (TPSA) is 31.9 Å². The van der Waals surface area contributed by atoms with E-state index in [2.05, 4.69) is 46.2 Å².